The van der Waals surface area contributed by atoms with Crippen molar-refractivity contribution in [2.75, 3.05) is 6.61 Å². The maximum absolute atomic E-state index is 12.9. The van der Waals surface area contributed by atoms with E-state index in [0.29, 0.717) is 34.8 Å². The molecule has 0 N–H and O–H groups in total. The molecule has 1 saturated carbocycles. The van der Waals surface area contributed by atoms with Gasteiger partial charge in [-0.2, -0.15) is 0 Å². The second kappa shape index (κ2) is 7.42. The predicted octanol–water partition coefficient (Wildman–Crippen LogP) is 4.97. The number of hydrogen-bond donors (Lipinski definition) is 0. The normalized spacial score (nSPS) is 16.6. The van der Waals surface area contributed by atoms with Crippen molar-refractivity contribution in [3.05, 3.63) is 40.2 Å². The third kappa shape index (κ3) is 4.50. The van der Waals surface area contributed by atoms with Crippen LogP contribution in [0.25, 0.3) is 11.0 Å². The van der Waals surface area contributed by atoms with Gasteiger partial charge in [0.05, 0.1) is 17.7 Å². The van der Waals surface area contributed by atoms with E-state index in [1.807, 2.05) is 32.9 Å². The average Bonchev–Trinajstić information content (AvgIpc) is 2.59. The number of benzene rings is 1. The van der Waals surface area contributed by atoms with Crippen LogP contribution in [0.5, 0.6) is 5.75 Å². The Morgan fingerprint density at radius 2 is 2.00 bits per heavy atom. The lowest BCUT2D eigenvalue weighted by Gasteiger charge is -2.21. The van der Waals surface area contributed by atoms with Crippen molar-refractivity contribution >= 4 is 17.2 Å². The summed E-state index contributed by atoms with van der Waals surface area (Å²) in [5.74, 6) is 1.20. The van der Waals surface area contributed by atoms with Gasteiger partial charge in [-0.3, -0.25) is 9.79 Å². The molecule has 1 aromatic carbocycles. The van der Waals surface area contributed by atoms with Gasteiger partial charge in [-0.05, 0) is 51.7 Å². The van der Waals surface area contributed by atoms with Crippen LogP contribution in [0.1, 0.15) is 58.4 Å². The Morgan fingerprint density at radius 1 is 1.24 bits per heavy atom. The van der Waals surface area contributed by atoms with E-state index in [4.69, 9.17) is 9.15 Å². The first-order chi connectivity index (χ1) is 11.9. The largest absolute Gasteiger partial charge is 0.492 e. The Hall–Kier alpha value is -2.10. The molecule has 2 aromatic rings. The van der Waals surface area contributed by atoms with Gasteiger partial charge >= 0.3 is 0 Å². The molecule has 0 bridgehead atoms. The molecule has 0 atom stereocenters. The lowest BCUT2D eigenvalue weighted by atomic mass is 9.90. The molecular weight excluding hydrogens is 314 g/mol. The van der Waals surface area contributed by atoms with Crippen LogP contribution < -0.4 is 10.2 Å². The standard InChI is InChI=1S/C21H27NO3/c1-21(2,3)22-12-16-14-25-18-11-7-10-17(19(18)20(16)23)24-13-15-8-5-4-6-9-15/h7,10-12,14-15H,4-6,8-9,13H2,1-3H3. The monoisotopic (exact) mass is 341 g/mol. The molecule has 0 aliphatic heterocycles. The van der Waals surface area contributed by atoms with E-state index in [-0.39, 0.29) is 11.0 Å². The van der Waals surface area contributed by atoms with E-state index < -0.39 is 0 Å². The summed E-state index contributed by atoms with van der Waals surface area (Å²) in [4.78, 5) is 17.3. The van der Waals surface area contributed by atoms with Gasteiger partial charge < -0.3 is 9.15 Å². The molecule has 0 unspecified atom stereocenters. The van der Waals surface area contributed by atoms with E-state index in [1.165, 1.54) is 38.4 Å². The maximum Gasteiger partial charge on any atom is 0.205 e. The Labute approximate surface area is 148 Å². The first-order valence-corrected chi connectivity index (χ1v) is 9.16. The van der Waals surface area contributed by atoms with E-state index in [0.717, 1.165) is 0 Å². The second-order valence-corrected chi connectivity index (χ2v) is 7.89. The van der Waals surface area contributed by atoms with Crippen LogP contribution in [0.4, 0.5) is 0 Å². The molecule has 4 heteroatoms. The third-order valence-electron chi connectivity index (χ3n) is 4.58. The van der Waals surface area contributed by atoms with Gasteiger partial charge in [-0.25, -0.2) is 0 Å². The van der Waals surface area contributed by atoms with Gasteiger partial charge in [0, 0.05) is 6.21 Å². The second-order valence-electron chi connectivity index (χ2n) is 7.89. The predicted molar refractivity (Wildman–Crippen MR) is 102 cm³/mol. The minimum absolute atomic E-state index is 0.0894. The van der Waals surface area contributed by atoms with Gasteiger partial charge in [-0.15, -0.1) is 0 Å². The molecule has 1 aliphatic rings. The molecule has 1 aromatic heterocycles. The molecule has 1 aliphatic carbocycles. The van der Waals surface area contributed by atoms with Crippen LogP contribution in [-0.2, 0) is 0 Å². The highest BCUT2D eigenvalue weighted by molar-refractivity contribution is 5.89. The molecule has 25 heavy (non-hydrogen) atoms. The summed E-state index contributed by atoms with van der Waals surface area (Å²) in [6, 6.07) is 5.52. The minimum Gasteiger partial charge on any atom is -0.492 e. The zero-order chi connectivity index (χ0) is 17.9. The fraction of sp³-hybridized carbons (Fsp3) is 0.524. The fourth-order valence-electron chi connectivity index (χ4n) is 3.19. The summed E-state index contributed by atoms with van der Waals surface area (Å²) < 4.78 is 11.7. The van der Waals surface area contributed by atoms with Gasteiger partial charge in [-0.1, -0.05) is 25.3 Å². The highest BCUT2D eigenvalue weighted by atomic mass is 16.5. The van der Waals surface area contributed by atoms with Crippen LogP contribution in [0.3, 0.4) is 0 Å². The summed E-state index contributed by atoms with van der Waals surface area (Å²) in [6.45, 7) is 6.64. The summed E-state index contributed by atoms with van der Waals surface area (Å²) in [7, 11) is 0. The topological polar surface area (TPSA) is 51.8 Å². The van der Waals surface area contributed by atoms with Crippen LogP contribution in [0.15, 0.2) is 38.7 Å². The Kier molecular flexibility index (Phi) is 5.26. The van der Waals surface area contributed by atoms with Crippen molar-refractivity contribution in [2.24, 2.45) is 10.9 Å². The molecule has 0 amide bonds. The van der Waals surface area contributed by atoms with Crippen LogP contribution in [-0.4, -0.2) is 18.4 Å². The quantitative estimate of drug-likeness (QED) is 0.738. The van der Waals surface area contributed by atoms with Crippen molar-refractivity contribution in [1.82, 2.24) is 0 Å². The maximum atomic E-state index is 12.9. The van der Waals surface area contributed by atoms with Gasteiger partial charge in [0.25, 0.3) is 0 Å². The smallest absolute Gasteiger partial charge is 0.205 e. The zero-order valence-electron chi connectivity index (χ0n) is 15.4. The van der Waals surface area contributed by atoms with Crippen molar-refractivity contribution in [3.8, 4) is 5.75 Å². The molecule has 0 spiro atoms. The number of ether oxygens (including phenoxy) is 1. The molecule has 0 saturated heterocycles. The molecule has 1 heterocycles. The van der Waals surface area contributed by atoms with Crippen LogP contribution in [0, 0.1) is 5.92 Å². The van der Waals surface area contributed by atoms with E-state index >= 15 is 0 Å². The molecular formula is C21H27NO3. The zero-order valence-corrected chi connectivity index (χ0v) is 15.4. The van der Waals surface area contributed by atoms with Crippen molar-refractivity contribution in [1.29, 1.82) is 0 Å². The molecule has 134 valence electrons. The Morgan fingerprint density at radius 3 is 2.72 bits per heavy atom. The SMILES string of the molecule is CC(C)(C)N=Cc1coc2cccc(OCC3CCCCC3)c2c1=O. The van der Waals surface area contributed by atoms with Gasteiger partial charge in [0.15, 0.2) is 0 Å². The molecule has 1 fully saturated rings. The van der Waals surface area contributed by atoms with Crippen molar-refractivity contribution < 1.29 is 9.15 Å². The highest BCUT2D eigenvalue weighted by Gasteiger charge is 2.16. The number of nitrogens with zero attached hydrogens (tertiary/aromatic N) is 1. The van der Waals surface area contributed by atoms with Gasteiger partial charge in [0.2, 0.25) is 5.43 Å². The van der Waals surface area contributed by atoms with Crippen molar-refractivity contribution in [3.63, 3.8) is 0 Å². The number of rotatable bonds is 4. The van der Waals surface area contributed by atoms with E-state index in [2.05, 4.69) is 4.99 Å². The lowest BCUT2D eigenvalue weighted by molar-refractivity contribution is 0.210. The van der Waals surface area contributed by atoms with Gasteiger partial charge in [0.1, 0.15) is 23.0 Å². The van der Waals surface area contributed by atoms with E-state index in [9.17, 15) is 4.79 Å². The first kappa shape index (κ1) is 17.7. The Bertz CT molecular complexity index is 808. The number of hydrogen-bond acceptors (Lipinski definition) is 4. The molecule has 3 rings (SSSR count). The van der Waals surface area contributed by atoms with E-state index in [1.54, 1.807) is 12.3 Å². The summed E-state index contributed by atoms with van der Waals surface area (Å²) in [5.41, 5.74) is 0.682. The summed E-state index contributed by atoms with van der Waals surface area (Å²) in [5, 5.41) is 0.510. The van der Waals surface area contributed by atoms with Crippen LogP contribution >= 0.6 is 0 Å². The number of fused-ring (bicyclic) bond motifs is 1. The first-order valence-electron chi connectivity index (χ1n) is 9.16. The summed E-state index contributed by atoms with van der Waals surface area (Å²) in [6.07, 6.45) is 9.38. The number of aliphatic imine (C=N–C) groups is 1. The molecule has 0 radical (unpaired) electrons. The Balaban J connectivity index is 1.90. The average molecular weight is 341 g/mol. The van der Waals surface area contributed by atoms with Crippen molar-refractivity contribution in [2.45, 2.75) is 58.4 Å². The van der Waals surface area contributed by atoms with Crippen LogP contribution in [0.2, 0.25) is 0 Å². The summed E-state index contributed by atoms with van der Waals surface area (Å²) >= 11 is 0. The minimum atomic E-state index is -0.238. The lowest BCUT2D eigenvalue weighted by Crippen LogP contribution is -2.17. The third-order valence-corrected chi connectivity index (χ3v) is 4.58. The molecule has 4 nitrogen and oxygen atoms in total. The highest BCUT2D eigenvalue weighted by Crippen LogP contribution is 2.27. The fourth-order valence-corrected chi connectivity index (χ4v) is 3.19.